The molecule has 0 aliphatic rings. The van der Waals surface area contributed by atoms with Crippen LogP contribution in [0.15, 0.2) is 36.0 Å². The van der Waals surface area contributed by atoms with Crippen molar-refractivity contribution in [2.75, 3.05) is 19.5 Å². The highest BCUT2D eigenvalue weighted by Gasteiger charge is 2.16. The fraction of sp³-hybridized carbons (Fsp3) is 0.412. The Bertz CT molecular complexity index is 564. The molecule has 0 heterocycles. The minimum Gasteiger partial charge on any atom is -0.488 e. The van der Waals surface area contributed by atoms with Crippen LogP contribution in [-0.4, -0.2) is 32.3 Å². The molecule has 1 rings (SSSR count). The van der Waals surface area contributed by atoms with Crippen molar-refractivity contribution in [2.24, 2.45) is 0 Å². The lowest BCUT2D eigenvalue weighted by atomic mass is 10.2. The van der Waals surface area contributed by atoms with Gasteiger partial charge in [-0.1, -0.05) is 26.0 Å². The maximum Gasteiger partial charge on any atom is 0.354 e. The van der Waals surface area contributed by atoms with Crippen molar-refractivity contribution in [1.82, 2.24) is 0 Å². The maximum atomic E-state index is 11.8. The van der Waals surface area contributed by atoms with Crippen molar-refractivity contribution >= 4 is 17.6 Å². The lowest BCUT2D eigenvalue weighted by molar-refractivity contribution is -0.138. The quantitative estimate of drug-likeness (QED) is 0.586. The van der Waals surface area contributed by atoms with E-state index < -0.39 is 11.9 Å². The fourth-order valence-electron chi connectivity index (χ4n) is 1.89. The van der Waals surface area contributed by atoms with Crippen LogP contribution in [0.3, 0.4) is 0 Å². The number of benzene rings is 1. The SMILES string of the molecule is CCC(CC)Oc1ccccc1N/C(=C/C(=O)OC)C(=O)OC. The first-order valence-electron chi connectivity index (χ1n) is 7.46. The monoisotopic (exact) mass is 321 g/mol. The van der Waals surface area contributed by atoms with Gasteiger partial charge in [-0.05, 0) is 25.0 Å². The van der Waals surface area contributed by atoms with Gasteiger partial charge in [-0.3, -0.25) is 0 Å². The second-order valence-electron chi connectivity index (χ2n) is 4.75. The fourth-order valence-corrected chi connectivity index (χ4v) is 1.89. The van der Waals surface area contributed by atoms with Crippen LogP contribution in [0.2, 0.25) is 0 Å². The van der Waals surface area contributed by atoms with E-state index in [1.807, 2.05) is 19.9 Å². The first-order valence-corrected chi connectivity index (χ1v) is 7.46. The summed E-state index contributed by atoms with van der Waals surface area (Å²) < 4.78 is 15.2. The van der Waals surface area contributed by atoms with E-state index in [0.717, 1.165) is 18.9 Å². The molecule has 0 radical (unpaired) electrons. The van der Waals surface area contributed by atoms with Crippen molar-refractivity contribution in [3.8, 4) is 5.75 Å². The molecular weight excluding hydrogens is 298 g/mol. The molecular formula is C17H23NO5. The number of carbonyl (C=O) groups excluding carboxylic acids is 2. The van der Waals surface area contributed by atoms with Crippen LogP contribution in [-0.2, 0) is 19.1 Å². The lowest BCUT2D eigenvalue weighted by Gasteiger charge is -2.19. The van der Waals surface area contributed by atoms with Gasteiger partial charge >= 0.3 is 11.9 Å². The van der Waals surface area contributed by atoms with Gasteiger partial charge in [0.05, 0.1) is 32.1 Å². The predicted octanol–water partition coefficient (Wildman–Crippen LogP) is 2.90. The molecule has 0 saturated heterocycles. The molecule has 0 fully saturated rings. The van der Waals surface area contributed by atoms with E-state index >= 15 is 0 Å². The molecule has 0 amide bonds. The molecule has 0 bridgehead atoms. The van der Waals surface area contributed by atoms with E-state index in [2.05, 4.69) is 14.8 Å². The van der Waals surface area contributed by atoms with Crippen molar-refractivity contribution in [3.05, 3.63) is 36.0 Å². The molecule has 1 aromatic carbocycles. The molecule has 1 N–H and O–H groups in total. The van der Waals surface area contributed by atoms with Crippen molar-refractivity contribution in [2.45, 2.75) is 32.8 Å². The predicted molar refractivity (Wildman–Crippen MR) is 87.2 cm³/mol. The number of rotatable bonds is 8. The molecule has 0 aliphatic heterocycles. The summed E-state index contributed by atoms with van der Waals surface area (Å²) >= 11 is 0. The van der Waals surface area contributed by atoms with E-state index in [9.17, 15) is 9.59 Å². The summed E-state index contributed by atoms with van der Waals surface area (Å²) in [5.74, 6) is -0.732. The Morgan fingerprint density at radius 3 is 2.35 bits per heavy atom. The smallest absolute Gasteiger partial charge is 0.354 e. The molecule has 0 aliphatic carbocycles. The van der Waals surface area contributed by atoms with E-state index in [1.54, 1.807) is 18.2 Å². The normalized spacial score (nSPS) is 11.1. The summed E-state index contributed by atoms with van der Waals surface area (Å²) in [7, 11) is 2.47. The van der Waals surface area contributed by atoms with Gasteiger partial charge in [0.15, 0.2) is 0 Å². The van der Waals surface area contributed by atoms with E-state index in [4.69, 9.17) is 4.74 Å². The summed E-state index contributed by atoms with van der Waals surface area (Å²) in [6.45, 7) is 4.09. The molecule has 0 aromatic heterocycles. The second-order valence-corrected chi connectivity index (χ2v) is 4.75. The Kier molecular flexibility index (Phi) is 7.66. The summed E-state index contributed by atoms with van der Waals surface area (Å²) in [6.07, 6.45) is 2.85. The molecule has 6 nitrogen and oxygen atoms in total. The van der Waals surface area contributed by atoms with Crippen LogP contribution >= 0.6 is 0 Å². The van der Waals surface area contributed by atoms with Crippen LogP contribution in [0.4, 0.5) is 5.69 Å². The van der Waals surface area contributed by atoms with E-state index in [0.29, 0.717) is 11.4 Å². The van der Waals surface area contributed by atoms with Crippen LogP contribution in [0, 0.1) is 0 Å². The van der Waals surface area contributed by atoms with Crippen LogP contribution in [0.25, 0.3) is 0 Å². The number of esters is 2. The van der Waals surface area contributed by atoms with Crippen LogP contribution < -0.4 is 10.1 Å². The average molecular weight is 321 g/mol. The molecule has 23 heavy (non-hydrogen) atoms. The second kappa shape index (κ2) is 9.50. The summed E-state index contributed by atoms with van der Waals surface area (Å²) in [6, 6.07) is 7.19. The van der Waals surface area contributed by atoms with Gasteiger partial charge in [0, 0.05) is 0 Å². The van der Waals surface area contributed by atoms with E-state index in [-0.39, 0.29) is 11.8 Å². The van der Waals surface area contributed by atoms with Gasteiger partial charge in [0.1, 0.15) is 11.4 Å². The Morgan fingerprint density at radius 2 is 1.78 bits per heavy atom. The highest BCUT2D eigenvalue weighted by molar-refractivity contribution is 5.99. The molecule has 1 aromatic rings. The summed E-state index contributed by atoms with van der Waals surface area (Å²) in [5, 5.41) is 2.88. The third-order valence-electron chi connectivity index (χ3n) is 3.23. The summed E-state index contributed by atoms with van der Waals surface area (Å²) in [5.41, 5.74) is 0.542. The largest absolute Gasteiger partial charge is 0.488 e. The Balaban J connectivity index is 3.07. The number of hydrogen-bond donors (Lipinski definition) is 1. The number of anilines is 1. The minimum absolute atomic E-state index is 0.0278. The minimum atomic E-state index is -0.673. The first-order chi connectivity index (χ1) is 11.0. The zero-order chi connectivity index (χ0) is 17.2. The van der Waals surface area contributed by atoms with E-state index in [1.165, 1.54) is 14.2 Å². The van der Waals surface area contributed by atoms with Gasteiger partial charge in [0.2, 0.25) is 0 Å². The highest BCUT2D eigenvalue weighted by Crippen LogP contribution is 2.27. The van der Waals surface area contributed by atoms with Gasteiger partial charge in [0.25, 0.3) is 0 Å². The maximum absolute atomic E-state index is 11.8. The third-order valence-corrected chi connectivity index (χ3v) is 3.23. The Labute approximate surface area is 136 Å². The molecule has 0 unspecified atom stereocenters. The molecule has 0 atom stereocenters. The summed E-state index contributed by atoms with van der Waals surface area (Å²) in [4.78, 5) is 23.2. The zero-order valence-corrected chi connectivity index (χ0v) is 13.9. The first kappa shape index (κ1) is 18.5. The number of methoxy groups -OCH3 is 2. The number of ether oxygens (including phenoxy) is 3. The van der Waals surface area contributed by atoms with Crippen LogP contribution in [0.5, 0.6) is 5.75 Å². The van der Waals surface area contributed by atoms with Crippen LogP contribution in [0.1, 0.15) is 26.7 Å². The Hall–Kier alpha value is -2.50. The molecule has 0 spiro atoms. The van der Waals surface area contributed by atoms with Crippen molar-refractivity contribution < 1.29 is 23.8 Å². The Morgan fingerprint density at radius 1 is 1.13 bits per heavy atom. The number of carbonyl (C=O) groups is 2. The zero-order valence-electron chi connectivity index (χ0n) is 13.9. The third kappa shape index (κ3) is 5.65. The number of hydrogen-bond acceptors (Lipinski definition) is 6. The van der Waals surface area contributed by atoms with Crippen molar-refractivity contribution in [3.63, 3.8) is 0 Å². The van der Waals surface area contributed by atoms with Crippen molar-refractivity contribution in [1.29, 1.82) is 0 Å². The molecule has 126 valence electrons. The number of nitrogens with one attached hydrogen (secondary N) is 1. The van der Waals surface area contributed by atoms with Gasteiger partial charge in [-0.2, -0.15) is 0 Å². The average Bonchev–Trinajstić information content (AvgIpc) is 2.59. The molecule has 0 saturated carbocycles. The van der Waals surface area contributed by atoms with Gasteiger partial charge in [-0.25, -0.2) is 9.59 Å². The topological polar surface area (TPSA) is 73.9 Å². The lowest BCUT2D eigenvalue weighted by Crippen LogP contribution is -2.18. The number of para-hydroxylation sites is 2. The van der Waals surface area contributed by atoms with Gasteiger partial charge in [-0.15, -0.1) is 0 Å². The standard InChI is InChI=1S/C17H23NO5/c1-5-12(6-2)23-15-10-8-7-9-13(15)18-14(17(20)22-4)11-16(19)21-3/h7-12,18H,5-6H2,1-4H3/b14-11+. The highest BCUT2D eigenvalue weighted by atomic mass is 16.5. The van der Waals surface area contributed by atoms with Gasteiger partial charge < -0.3 is 19.5 Å². The molecule has 6 heteroatoms.